The molecule has 2 N–H and O–H groups in total. The highest BCUT2D eigenvalue weighted by atomic mass is 19.1. The Balaban J connectivity index is 2.22. The number of anilines is 1. The van der Waals surface area contributed by atoms with Crippen molar-refractivity contribution in [1.82, 2.24) is 9.55 Å². The first-order valence-electron chi connectivity index (χ1n) is 6.74. The van der Waals surface area contributed by atoms with Crippen molar-refractivity contribution in [2.75, 3.05) is 12.8 Å². The first-order chi connectivity index (χ1) is 10.1. The van der Waals surface area contributed by atoms with Gasteiger partial charge in [0.25, 0.3) is 0 Å². The molecule has 5 heteroatoms. The fraction of sp³-hybridized carbons (Fsp3) is 0.188. The second-order valence-corrected chi connectivity index (χ2v) is 4.80. The lowest BCUT2D eigenvalue weighted by atomic mass is 10.1. The quantitative estimate of drug-likeness (QED) is 0.803. The first-order valence-corrected chi connectivity index (χ1v) is 6.74. The zero-order valence-electron chi connectivity index (χ0n) is 11.9. The lowest BCUT2D eigenvalue weighted by Crippen LogP contribution is -2.01. The summed E-state index contributed by atoms with van der Waals surface area (Å²) in [7, 11) is 1.43. The lowest BCUT2D eigenvalue weighted by Gasteiger charge is -2.08. The second-order valence-electron chi connectivity index (χ2n) is 4.80. The van der Waals surface area contributed by atoms with E-state index in [-0.39, 0.29) is 5.75 Å². The van der Waals surface area contributed by atoms with E-state index in [4.69, 9.17) is 10.5 Å². The Morgan fingerprint density at radius 3 is 2.57 bits per heavy atom. The standard InChI is InChI=1S/C16H16FN3O/c1-3-10-4-6-11(7-5-10)20-14-9-15(21-2)12(17)8-13(14)19-16(20)18/h4-9H,3H2,1-2H3,(H2,18,19). The van der Waals surface area contributed by atoms with Crippen molar-refractivity contribution < 1.29 is 9.13 Å². The number of ether oxygens (including phenoxy) is 1. The average Bonchev–Trinajstić information content (AvgIpc) is 2.81. The van der Waals surface area contributed by atoms with Gasteiger partial charge in [-0.1, -0.05) is 19.1 Å². The maximum absolute atomic E-state index is 13.7. The van der Waals surface area contributed by atoms with E-state index in [9.17, 15) is 4.39 Å². The SMILES string of the molecule is CCc1ccc(-n2c(N)nc3cc(F)c(OC)cc32)cc1. The molecule has 0 unspecified atom stereocenters. The number of imidazole rings is 1. The molecule has 0 aliphatic carbocycles. The summed E-state index contributed by atoms with van der Waals surface area (Å²) in [6, 6.07) is 11.0. The van der Waals surface area contributed by atoms with Crippen LogP contribution in [-0.2, 0) is 6.42 Å². The largest absolute Gasteiger partial charge is 0.494 e. The van der Waals surface area contributed by atoms with E-state index in [1.54, 1.807) is 10.6 Å². The number of nitrogens with zero attached hydrogens (tertiary/aromatic N) is 2. The molecule has 21 heavy (non-hydrogen) atoms. The minimum Gasteiger partial charge on any atom is -0.494 e. The molecule has 0 saturated carbocycles. The molecule has 0 atom stereocenters. The van der Waals surface area contributed by atoms with Crippen molar-refractivity contribution in [3.63, 3.8) is 0 Å². The van der Waals surface area contributed by atoms with E-state index in [0.717, 1.165) is 17.6 Å². The van der Waals surface area contributed by atoms with E-state index in [1.807, 2.05) is 24.3 Å². The van der Waals surface area contributed by atoms with Crippen LogP contribution >= 0.6 is 0 Å². The smallest absolute Gasteiger partial charge is 0.205 e. The molecule has 1 heterocycles. The first kappa shape index (κ1) is 13.4. The van der Waals surface area contributed by atoms with Gasteiger partial charge in [0.05, 0.1) is 18.1 Å². The van der Waals surface area contributed by atoms with Crippen LogP contribution in [-0.4, -0.2) is 16.7 Å². The van der Waals surface area contributed by atoms with Crippen LogP contribution in [0.5, 0.6) is 5.75 Å². The molecule has 0 amide bonds. The predicted molar refractivity (Wildman–Crippen MR) is 81.4 cm³/mol. The van der Waals surface area contributed by atoms with Gasteiger partial charge in [-0.25, -0.2) is 9.37 Å². The zero-order valence-corrected chi connectivity index (χ0v) is 11.9. The lowest BCUT2D eigenvalue weighted by molar-refractivity contribution is 0.387. The molecule has 108 valence electrons. The van der Waals surface area contributed by atoms with Gasteiger partial charge < -0.3 is 10.5 Å². The summed E-state index contributed by atoms with van der Waals surface area (Å²) < 4.78 is 20.6. The summed E-state index contributed by atoms with van der Waals surface area (Å²) in [6.07, 6.45) is 0.972. The summed E-state index contributed by atoms with van der Waals surface area (Å²) in [5, 5.41) is 0. The van der Waals surface area contributed by atoms with Gasteiger partial charge in [0.1, 0.15) is 0 Å². The monoisotopic (exact) mass is 285 g/mol. The maximum atomic E-state index is 13.7. The van der Waals surface area contributed by atoms with Crippen molar-refractivity contribution in [2.24, 2.45) is 0 Å². The van der Waals surface area contributed by atoms with Crippen LogP contribution in [0.2, 0.25) is 0 Å². The fourth-order valence-corrected chi connectivity index (χ4v) is 2.41. The summed E-state index contributed by atoms with van der Waals surface area (Å²) in [4.78, 5) is 4.21. The second kappa shape index (κ2) is 5.09. The molecular formula is C16H16FN3O. The highest BCUT2D eigenvalue weighted by molar-refractivity contribution is 5.82. The minimum absolute atomic E-state index is 0.175. The number of halogens is 1. The van der Waals surface area contributed by atoms with Crippen LogP contribution in [0.4, 0.5) is 10.3 Å². The van der Waals surface area contributed by atoms with E-state index < -0.39 is 5.82 Å². The van der Waals surface area contributed by atoms with Crippen molar-refractivity contribution in [2.45, 2.75) is 13.3 Å². The van der Waals surface area contributed by atoms with E-state index in [0.29, 0.717) is 11.5 Å². The number of benzene rings is 2. The molecule has 0 radical (unpaired) electrons. The Bertz CT molecular complexity index is 793. The molecule has 0 saturated heterocycles. The molecule has 0 bridgehead atoms. The number of nitrogens with two attached hydrogens (primary N) is 1. The highest BCUT2D eigenvalue weighted by Gasteiger charge is 2.14. The Hall–Kier alpha value is -2.56. The molecule has 0 spiro atoms. The van der Waals surface area contributed by atoms with Gasteiger partial charge in [-0.2, -0.15) is 0 Å². The Morgan fingerprint density at radius 2 is 1.95 bits per heavy atom. The molecular weight excluding hydrogens is 269 g/mol. The van der Waals surface area contributed by atoms with Gasteiger partial charge in [0, 0.05) is 17.8 Å². The van der Waals surface area contributed by atoms with Crippen molar-refractivity contribution in [1.29, 1.82) is 0 Å². The maximum Gasteiger partial charge on any atom is 0.205 e. The predicted octanol–water partition coefficient (Wildman–Crippen LogP) is 3.32. The third-order valence-electron chi connectivity index (χ3n) is 3.56. The molecule has 0 fully saturated rings. The summed E-state index contributed by atoms with van der Waals surface area (Å²) >= 11 is 0. The fourth-order valence-electron chi connectivity index (χ4n) is 2.41. The number of hydrogen-bond donors (Lipinski definition) is 1. The van der Waals surface area contributed by atoms with E-state index in [1.165, 1.54) is 18.7 Å². The number of hydrogen-bond acceptors (Lipinski definition) is 3. The van der Waals surface area contributed by atoms with Crippen LogP contribution in [0, 0.1) is 5.82 Å². The summed E-state index contributed by atoms with van der Waals surface area (Å²) in [6.45, 7) is 2.10. The number of aromatic nitrogens is 2. The highest BCUT2D eigenvalue weighted by Crippen LogP contribution is 2.28. The Labute approximate surface area is 122 Å². The third-order valence-corrected chi connectivity index (χ3v) is 3.56. The molecule has 3 rings (SSSR count). The van der Waals surface area contributed by atoms with Gasteiger partial charge >= 0.3 is 0 Å². The molecule has 0 aliphatic heterocycles. The van der Waals surface area contributed by atoms with Crippen LogP contribution < -0.4 is 10.5 Å². The Kier molecular flexibility index (Phi) is 3.25. The summed E-state index contributed by atoms with van der Waals surface area (Å²) in [5.74, 6) is 0.0479. The topological polar surface area (TPSA) is 53.1 Å². The molecule has 2 aromatic carbocycles. The van der Waals surface area contributed by atoms with Crippen LogP contribution in [0.1, 0.15) is 12.5 Å². The van der Waals surface area contributed by atoms with E-state index >= 15 is 0 Å². The van der Waals surface area contributed by atoms with Gasteiger partial charge in [-0.05, 0) is 24.1 Å². The van der Waals surface area contributed by atoms with Crippen LogP contribution in [0.15, 0.2) is 36.4 Å². The van der Waals surface area contributed by atoms with Crippen molar-refractivity contribution in [3.05, 3.63) is 47.8 Å². The van der Waals surface area contributed by atoms with Crippen LogP contribution in [0.25, 0.3) is 16.7 Å². The number of rotatable bonds is 3. The van der Waals surface area contributed by atoms with Gasteiger partial charge in [0.2, 0.25) is 5.95 Å². The Morgan fingerprint density at radius 1 is 1.24 bits per heavy atom. The van der Waals surface area contributed by atoms with Crippen molar-refractivity contribution >= 4 is 17.0 Å². The van der Waals surface area contributed by atoms with E-state index in [2.05, 4.69) is 11.9 Å². The van der Waals surface area contributed by atoms with Crippen molar-refractivity contribution in [3.8, 4) is 11.4 Å². The van der Waals surface area contributed by atoms with Gasteiger partial charge in [-0.15, -0.1) is 0 Å². The molecule has 3 aromatic rings. The molecule has 0 aliphatic rings. The number of nitrogen functional groups attached to an aromatic ring is 1. The zero-order chi connectivity index (χ0) is 15.0. The molecule has 4 nitrogen and oxygen atoms in total. The minimum atomic E-state index is -0.448. The normalized spacial score (nSPS) is 11.0. The number of methoxy groups -OCH3 is 1. The van der Waals surface area contributed by atoms with Gasteiger partial charge in [-0.3, -0.25) is 4.57 Å². The van der Waals surface area contributed by atoms with Gasteiger partial charge in [0.15, 0.2) is 11.6 Å². The summed E-state index contributed by atoms with van der Waals surface area (Å²) in [5.41, 5.74) is 9.34. The number of fused-ring (bicyclic) bond motifs is 1. The number of aryl methyl sites for hydroxylation is 1. The van der Waals surface area contributed by atoms with Crippen LogP contribution in [0.3, 0.4) is 0 Å². The molecule has 1 aromatic heterocycles. The third kappa shape index (κ3) is 2.20. The average molecular weight is 285 g/mol.